The van der Waals surface area contributed by atoms with Gasteiger partial charge in [-0.3, -0.25) is 9.59 Å². The summed E-state index contributed by atoms with van der Waals surface area (Å²) in [7, 11) is -4.59. The largest absolute Gasteiger partial charge is 0.408 e. The Kier molecular flexibility index (Phi) is 7.30. The minimum atomic E-state index is -2.47. The van der Waals surface area contributed by atoms with E-state index in [4.69, 9.17) is 0 Å². The lowest BCUT2D eigenvalue weighted by Gasteiger charge is -2.46. The van der Waals surface area contributed by atoms with Gasteiger partial charge in [-0.15, -0.1) is 0 Å². The highest BCUT2D eigenvalue weighted by Gasteiger charge is 2.63. The monoisotopic (exact) mass is 558 g/mol. The van der Waals surface area contributed by atoms with Gasteiger partial charge in [0.15, 0.2) is 11.1 Å². The van der Waals surface area contributed by atoms with E-state index in [1.54, 1.807) is 0 Å². The SMILES string of the molecule is CC(C)C1=Cc2cccc(-c3cc(C(C)(C)C)cc(C(C)(C)C)c3)c2C1NC(=O)[Si](C)(C)B1NC(=O)[Si]1(C)C. The maximum Gasteiger partial charge on any atom is 0.254 e. The molecule has 1 unspecified atom stereocenters. The van der Waals surface area contributed by atoms with Gasteiger partial charge in [0.25, 0.3) is 6.03 Å². The average Bonchev–Trinajstić information content (AvgIpc) is 3.19. The van der Waals surface area contributed by atoms with Crippen LogP contribution < -0.4 is 10.5 Å². The van der Waals surface area contributed by atoms with Crippen molar-refractivity contribution in [2.45, 2.75) is 98.4 Å². The van der Waals surface area contributed by atoms with Crippen molar-refractivity contribution >= 4 is 39.1 Å². The van der Waals surface area contributed by atoms with Gasteiger partial charge < -0.3 is 10.5 Å². The molecule has 1 atom stereocenters. The molecule has 1 aliphatic carbocycles. The first-order valence-corrected chi connectivity index (χ1v) is 20.5. The van der Waals surface area contributed by atoms with Crippen LogP contribution in [0, 0.1) is 5.92 Å². The Morgan fingerprint density at radius 3 is 2.03 bits per heavy atom. The minimum Gasteiger partial charge on any atom is -0.408 e. The van der Waals surface area contributed by atoms with Crippen LogP contribution in [0.4, 0.5) is 9.59 Å². The Balaban J connectivity index is 1.82. The fraction of sp³-hybridized carbons (Fsp3) is 0.500. The van der Waals surface area contributed by atoms with Crippen LogP contribution in [0.5, 0.6) is 0 Å². The number of hydrogen-bond donors (Lipinski definition) is 2. The number of carbonyl (C=O) groups excluding carboxylic acids is 2. The number of benzene rings is 2. The van der Waals surface area contributed by atoms with Gasteiger partial charge in [0, 0.05) is 0 Å². The smallest absolute Gasteiger partial charge is 0.254 e. The number of hydrogen-bond acceptors (Lipinski definition) is 2. The second-order valence-corrected chi connectivity index (χ2v) is 24.7. The molecule has 2 aliphatic rings. The van der Waals surface area contributed by atoms with Crippen LogP contribution in [0.1, 0.15) is 83.7 Å². The van der Waals surface area contributed by atoms with E-state index in [9.17, 15) is 9.59 Å². The average molecular weight is 559 g/mol. The van der Waals surface area contributed by atoms with Crippen molar-refractivity contribution in [2.75, 3.05) is 0 Å². The summed E-state index contributed by atoms with van der Waals surface area (Å²) < 4.78 is 0. The molecule has 0 spiro atoms. The van der Waals surface area contributed by atoms with Crippen molar-refractivity contribution in [1.29, 1.82) is 0 Å². The lowest BCUT2D eigenvalue weighted by molar-refractivity contribution is 0.256. The van der Waals surface area contributed by atoms with Crippen molar-refractivity contribution in [3.8, 4) is 11.1 Å². The van der Waals surface area contributed by atoms with Crippen molar-refractivity contribution in [3.05, 3.63) is 64.2 Å². The van der Waals surface area contributed by atoms with Gasteiger partial charge in [-0.05, 0) is 55.7 Å². The predicted octanol–water partition coefficient (Wildman–Crippen LogP) is 8.20. The van der Waals surface area contributed by atoms with Gasteiger partial charge in [-0.2, -0.15) is 0 Å². The highest BCUT2D eigenvalue weighted by Crippen LogP contribution is 2.45. The van der Waals surface area contributed by atoms with Gasteiger partial charge >= 0.3 is 0 Å². The molecular weight excluding hydrogens is 511 g/mol. The van der Waals surface area contributed by atoms with E-state index in [-0.39, 0.29) is 34.0 Å². The van der Waals surface area contributed by atoms with E-state index < -0.39 is 15.9 Å². The Hall–Kier alpha value is -2.38. The summed E-state index contributed by atoms with van der Waals surface area (Å²) >= 11 is 0. The molecule has 7 heteroatoms. The summed E-state index contributed by atoms with van der Waals surface area (Å²) in [6.45, 7) is 26.5. The molecule has 0 bridgehead atoms. The third-order valence-electron chi connectivity index (χ3n) is 8.89. The lowest BCUT2D eigenvalue weighted by Crippen LogP contribution is -2.87. The van der Waals surface area contributed by atoms with Gasteiger partial charge in [-0.1, -0.05) is 124 Å². The number of carbonyl (C=O) groups is 2. The quantitative estimate of drug-likeness (QED) is 0.364. The van der Waals surface area contributed by atoms with E-state index in [0.717, 1.165) is 0 Å². The topological polar surface area (TPSA) is 58.2 Å². The summed E-state index contributed by atoms with van der Waals surface area (Å²) in [6.07, 6.45) is 2.28. The van der Waals surface area contributed by atoms with Crippen LogP contribution in [0.15, 0.2) is 42.0 Å². The van der Waals surface area contributed by atoms with Crippen molar-refractivity contribution in [3.63, 3.8) is 0 Å². The molecular formula is C32H47BN2O2Si2. The Morgan fingerprint density at radius 2 is 1.56 bits per heavy atom. The molecule has 2 aromatic carbocycles. The fourth-order valence-electron chi connectivity index (χ4n) is 6.10. The van der Waals surface area contributed by atoms with Gasteiger partial charge in [0.2, 0.25) is 0 Å². The molecule has 2 aromatic rings. The van der Waals surface area contributed by atoms with E-state index in [1.165, 1.54) is 39.0 Å². The molecule has 4 rings (SSSR count). The molecule has 0 aromatic heterocycles. The van der Waals surface area contributed by atoms with Crippen LogP contribution in [0.2, 0.25) is 26.2 Å². The second kappa shape index (κ2) is 9.62. The first-order valence-electron chi connectivity index (χ1n) is 14.4. The maximum absolute atomic E-state index is 14.0. The molecule has 0 saturated carbocycles. The standard InChI is InChI=1S/C32H47BN2O2Si2/c1-20(2)26-18-21-14-13-15-25(22-16-23(31(3,4)5)19-24(17-22)32(6,7)8)27(21)28(26)34-29(36)38(9,10)33-35-30(37)39(33,11)12/h13-20,28H,1-12H3,(H,34,36)(H,35,37). The third-order valence-corrected chi connectivity index (χ3v) is 19.0. The summed E-state index contributed by atoms with van der Waals surface area (Å²) in [4.78, 5) is 26.4. The molecule has 1 fully saturated rings. The number of nitrogens with one attached hydrogen (secondary N) is 2. The second-order valence-electron chi connectivity index (χ2n) is 15.2. The Bertz CT molecular complexity index is 1330. The molecule has 1 heterocycles. The molecule has 2 N–H and O–H groups in total. The van der Waals surface area contributed by atoms with Crippen LogP contribution in [-0.2, 0) is 10.8 Å². The van der Waals surface area contributed by atoms with E-state index in [2.05, 4.69) is 135 Å². The molecule has 4 nitrogen and oxygen atoms in total. The zero-order valence-corrected chi connectivity index (χ0v) is 28.1. The Morgan fingerprint density at radius 1 is 1.00 bits per heavy atom. The number of rotatable bonds is 5. The molecule has 1 saturated heterocycles. The zero-order chi connectivity index (χ0) is 29.3. The highest BCUT2D eigenvalue weighted by atomic mass is 28.4. The minimum absolute atomic E-state index is 0.0163. The summed E-state index contributed by atoms with van der Waals surface area (Å²) in [5, 5.41) is 6.65. The predicted molar refractivity (Wildman–Crippen MR) is 173 cm³/mol. The van der Waals surface area contributed by atoms with Crippen molar-refractivity contribution < 1.29 is 9.59 Å². The number of amides is 2. The van der Waals surface area contributed by atoms with Crippen molar-refractivity contribution in [2.24, 2.45) is 5.92 Å². The van der Waals surface area contributed by atoms with Crippen LogP contribution in [0.25, 0.3) is 17.2 Å². The molecule has 39 heavy (non-hydrogen) atoms. The van der Waals surface area contributed by atoms with E-state index >= 15 is 0 Å². The summed E-state index contributed by atoms with van der Waals surface area (Å²) in [5.74, 6) is 0.292. The van der Waals surface area contributed by atoms with Gasteiger partial charge in [0.1, 0.15) is 15.9 Å². The fourth-order valence-corrected chi connectivity index (χ4v) is 16.6. The summed E-state index contributed by atoms with van der Waals surface area (Å²) in [5.41, 5.74) is 8.99. The van der Waals surface area contributed by atoms with Crippen LogP contribution >= 0.6 is 0 Å². The summed E-state index contributed by atoms with van der Waals surface area (Å²) in [6, 6.07) is 13.5. The maximum atomic E-state index is 14.0. The lowest BCUT2D eigenvalue weighted by atomic mass is 9.78. The van der Waals surface area contributed by atoms with E-state index in [0.29, 0.717) is 5.92 Å². The first kappa shape index (κ1) is 29.6. The molecule has 208 valence electrons. The third kappa shape index (κ3) is 5.24. The van der Waals surface area contributed by atoms with Gasteiger partial charge in [-0.25, -0.2) is 0 Å². The highest BCUT2D eigenvalue weighted by molar-refractivity contribution is 7.75. The van der Waals surface area contributed by atoms with Crippen molar-refractivity contribution in [1.82, 2.24) is 10.5 Å². The Labute approximate surface area is 238 Å². The molecule has 1 aliphatic heterocycles. The normalized spacial score (nSPS) is 18.9. The first-order chi connectivity index (χ1) is 17.8. The zero-order valence-electron chi connectivity index (χ0n) is 26.1. The molecule has 0 radical (unpaired) electrons. The van der Waals surface area contributed by atoms with Crippen LogP contribution in [-0.4, -0.2) is 33.0 Å². The van der Waals surface area contributed by atoms with Crippen LogP contribution in [0.3, 0.4) is 0 Å². The van der Waals surface area contributed by atoms with Gasteiger partial charge in [0.05, 0.1) is 6.04 Å². The number of fused-ring (bicyclic) bond motifs is 1. The molecule has 2 amide bonds. The van der Waals surface area contributed by atoms with E-state index in [1.807, 2.05) is 0 Å².